The molecule has 1 heterocycles. The number of fused-ring (bicyclic) bond motifs is 1. The van der Waals surface area contributed by atoms with Crippen LogP contribution in [0.1, 0.15) is 23.1 Å². The van der Waals surface area contributed by atoms with Crippen LogP contribution >= 0.6 is 0 Å². The lowest BCUT2D eigenvalue weighted by atomic mass is 9.87. The maximum Gasteiger partial charge on any atom is 0.119 e. The van der Waals surface area contributed by atoms with Crippen molar-refractivity contribution in [2.24, 2.45) is 0 Å². The molecule has 0 amide bonds. The number of aryl methyl sites for hydroxylation is 1. The Kier molecular flexibility index (Phi) is 6.07. The monoisotopic (exact) mass is 366 g/mol. The molecule has 0 bridgehead atoms. The molecule has 144 valence electrons. The quantitative estimate of drug-likeness (QED) is 0.853. The fourth-order valence-corrected chi connectivity index (χ4v) is 4.39. The predicted octanol–water partition coefficient (Wildman–Crippen LogP) is 2.73. The fraction of sp³-hybridized carbons (Fsp3) is 0.478. The van der Waals surface area contributed by atoms with Crippen LogP contribution < -0.4 is 4.74 Å². The molecule has 1 fully saturated rings. The van der Waals surface area contributed by atoms with Crippen LogP contribution in [0.4, 0.5) is 0 Å². The third kappa shape index (κ3) is 4.70. The van der Waals surface area contributed by atoms with Gasteiger partial charge in [0, 0.05) is 38.8 Å². The standard InChI is InChI=1S/C23H30N2O2/c26-15-16-27-23-9-5-19(6-10-23)18-24-11-13-25(14-12-24)22-8-7-20-3-1-2-4-21(20)17-22/h1-6,9-10,22,26H,7-8,11-18H2/t22-/m1/s1. The van der Waals surface area contributed by atoms with E-state index in [1.807, 2.05) is 12.1 Å². The van der Waals surface area contributed by atoms with Crippen molar-refractivity contribution in [3.8, 4) is 5.75 Å². The van der Waals surface area contributed by atoms with Gasteiger partial charge >= 0.3 is 0 Å². The largest absolute Gasteiger partial charge is 0.491 e. The number of benzene rings is 2. The molecule has 1 aliphatic carbocycles. The van der Waals surface area contributed by atoms with Gasteiger partial charge in [-0.25, -0.2) is 0 Å². The fourth-order valence-electron chi connectivity index (χ4n) is 4.39. The summed E-state index contributed by atoms with van der Waals surface area (Å²) in [6, 6.07) is 17.9. The maximum atomic E-state index is 8.83. The molecule has 0 spiro atoms. The molecule has 4 nitrogen and oxygen atoms in total. The number of piperazine rings is 1. The van der Waals surface area contributed by atoms with E-state index in [9.17, 15) is 0 Å². The van der Waals surface area contributed by atoms with E-state index in [0.29, 0.717) is 12.6 Å². The van der Waals surface area contributed by atoms with Crippen molar-refractivity contribution in [3.63, 3.8) is 0 Å². The summed E-state index contributed by atoms with van der Waals surface area (Å²) in [5, 5.41) is 8.83. The summed E-state index contributed by atoms with van der Waals surface area (Å²) in [6.07, 6.45) is 3.74. The Morgan fingerprint density at radius 3 is 2.41 bits per heavy atom. The number of hydrogen-bond donors (Lipinski definition) is 1. The number of rotatable bonds is 6. The highest BCUT2D eigenvalue weighted by Gasteiger charge is 2.27. The Morgan fingerprint density at radius 1 is 0.926 bits per heavy atom. The summed E-state index contributed by atoms with van der Waals surface area (Å²) < 4.78 is 5.44. The summed E-state index contributed by atoms with van der Waals surface area (Å²) in [4.78, 5) is 5.26. The minimum Gasteiger partial charge on any atom is -0.491 e. The first kappa shape index (κ1) is 18.5. The summed E-state index contributed by atoms with van der Waals surface area (Å²) in [7, 11) is 0. The van der Waals surface area contributed by atoms with E-state index in [2.05, 4.69) is 46.2 Å². The summed E-state index contributed by atoms with van der Waals surface area (Å²) in [5.41, 5.74) is 4.44. The van der Waals surface area contributed by atoms with Crippen molar-refractivity contribution in [2.45, 2.75) is 31.8 Å². The molecule has 27 heavy (non-hydrogen) atoms. The smallest absolute Gasteiger partial charge is 0.119 e. The van der Waals surface area contributed by atoms with E-state index < -0.39 is 0 Å². The van der Waals surface area contributed by atoms with Gasteiger partial charge in [0.25, 0.3) is 0 Å². The Balaban J connectivity index is 1.26. The molecule has 1 aliphatic heterocycles. The zero-order chi connectivity index (χ0) is 18.5. The number of aliphatic hydroxyl groups is 1. The number of aliphatic hydroxyl groups excluding tert-OH is 1. The van der Waals surface area contributed by atoms with Crippen LogP contribution in [0, 0.1) is 0 Å². The van der Waals surface area contributed by atoms with Crippen molar-refractivity contribution >= 4 is 0 Å². The average molecular weight is 367 g/mol. The van der Waals surface area contributed by atoms with Crippen molar-refractivity contribution in [2.75, 3.05) is 39.4 Å². The lowest BCUT2D eigenvalue weighted by Crippen LogP contribution is -2.51. The van der Waals surface area contributed by atoms with Gasteiger partial charge in [-0.05, 0) is 48.1 Å². The lowest BCUT2D eigenvalue weighted by molar-refractivity contribution is 0.0856. The lowest BCUT2D eigenvalue weighted by Gasteiger charge is -2.41. The normalized spacial score (nSPS) is 21.0. The molecule has 1 atom stereocenters. The highest BCUT2D eigenvalue weighted by Crippen LogP contribution is 2.25. The van der Waals surface area contributed by atoms with E-state index in [1.54, 1.807) is 11.1 Å². The first-order valence-corrected chi connectivity index (χ1v) is 10.2. The van der Waals surface area contributed by atoms with Crippen LogP contribution in [-0.2, 0) is 19.4 Å². The second-order valence-electron chi connectivity index (χ2n) is 7.69. The maximum absolute atomic E-state index is 8.83. The van der Waals surface area contributed by atoms with Crippen LogP contribution in [0.2, 0.25) is 0 Å². The molecule has 0 aromatic heterocycles. The molecule has 0 saturated carbocycles. The molecule has 2 aliphatic rings. The van der Waals surface area contributed by atoms with Crippen LogP contribution in [-0.4, -0.2) is 60.3 Å². The topological polar surface area (TPSA) is 35.9 Å². The predicted molar refractivity (Wildman–Crippen MR) is 108 cm³/mol. The first-order valence-electron chi connectivity index (χ1n) is 10.2. The minimum absolute atomic E-state index is 0.0542. The summed E-state index contributed by atoms with van der Waals surface area (Å²) >= 11 is 0. The van der Waals surface area contributed by atoms with Gasteiger partial charge in [-0.15, -0.1) is 0 Å². The van der Waals surface area contributed by atoms with E-state index in [0.717, 1.165) is 25.4 Å². The molecule has 2 aromatic rings. The molecule has 1 N–H and O–H groups in total. The van der Waals surface area contributed by atoms with Crippen LogP contribution in [0.5, 0.6) is 5.75 Å². The van der Waals surface area contributed by atoms with Gasteiger partial charge in [-0.3, -0.25) is 9.80 Å². The Morgan fingerprint density at radius 2 is 1.67 bits per heavy atom. The number of ether oxygens (including phenoxy) is 1. The van der Waals surface area contributed by atoms with Gasteiger partial charge in [-0.1, -0.05) is 36.4 Å². The molecule has 1 saturated heterocycles. The van der Waals surface area contributed by atoms with Gasteiger partial charge in [0.2, 0.25) is 0 Å². The third-order valence-electron chi connectivity index (χ3n) is 5.93. The van der Waals surface area contributed by atoms with Gasteiger partial charge < -0.3 is 9.84 Å². The van der Waals surface area contributed by atoms with Crippen LogP contribution in [0.25, 0.3) is 0 Å². The van der Waals surface area contributed by atoms with Gasteiger partial charge in [0.1, 0.15) is 12.4 Å². The highest BCUT2D eigenvalue weighted by molar-refractivity contribution is 5.30. The summed E-state index contributed by atoms with van der Waals surface area (Å²) in [6.45, 7) is 6.03. The van der Waals surface area contributed by atoms with Crippen molar-refractivity contribution in [3.05, 3.63) is 65.2 Å². The molecular weight excluding hydrogens is 336 g/mol. The Bertz CT molecular complexity index is 723. The van der Waals surface area contributed by atoms with Crippen molar-refractivity contribution in [1.82, 2.24) is 9.80 Å². The van der Waals surface area contributed by atoms with Crippen LogP contribution in [0.3, 0.4) is 0 Å². The number of nitrogens with zero attached hydrogens (tertiary/aromatic N) is 2. The molecule has 2 aromatic carbocycles. The number of hydrogen-bond acceptors (Lipinski definition) is 4. The highest BCUT2D eigenvalue weighted by atomic mass is 16.5. The van der Waals surface area contributed by atoms with Crippen molar-refractivity contribution in [1.29, 1.82) is 0 Å². The average Bonchev–Trinajstić information content (AvgIpc) is 2.73. The molecule has 0 radical (unpaired) electrons. The molecule has 4 rings (SSSR count). The molecular formula is C23H30N2O2. The van der Waals surface area contributed by atoms with Gasteiger partial charge in [0.15, 0.2) is 0 Å². The third-order valence-corrected chi connectivity index (χ3v) is 5.93. The van der Waals surface area contributed by atoms with E-state index in [4.69, 9.17) is 9.84 Å². The second-order valence-corrected chi connectivity index (χ2v) is 7.69. The summed E-state index contributed by atoms with van der Waals surface area (Å²) in [5.74, 6) is 0.829. The van der Waals surface area contributed by atoms with Crippen LogP contribution in [0.15, 0.2) is 48.5 Å². The molecule has 0 unspecified atom stereocenters. The minimum atomic E-state index is 0.0542. The van der Waals surface area contributed by atoms with Gasteiger partial charge in [0.05, 0.1) is 6.61 Å². The second kappa shape index (κ2) is 8.87. The molecule has 4 heteroatoms. The van der Waals surface area contributed by atoms with E-state index in [-0.39, 0.29) is 6.61 Å². The zero-order valence-corrected chi connectivity index (χ0v) is 16.0. The Labute approximate surface area is 162 Å². The van der Waals surface area contributed by atoms with E-state index >= 15 is 0 Å². The van der Waals surface area contributed by atoms with E-state index in [1.165, 1.54) is 37.9 Å². The van der Waals surface area contributed by atoms with Crippen molar-refractivity contribution < 1.29 is 9.84 Å². The van der Waals surface area contributed by atoms with Gasteiger partial charge in [-0.2, -0.15) is 0 Å². The first-order chi connectivity index (χ1) is 13.3. The SMILES string of the molecule is OCCOc1ccc(CN2CCN([C@@H]3CCc4ccccc4C3)CC2)cc1. The Hall–Kier alpha value is -1.88. The zero-order valence-electron chi connectivity index (χ0n) is 16.0.